The summed E-state index contributed by atoms with van der Waals surface area (Å²) in [5, 5.41) is 2.56. The highest BCUT2D eigenvalue weighted by Gasteiger charge is 2.25. The smallest absolute Gasteiger partial charge is 0.175 e. The van der Waals surface area contributed by atoms with Crippen LogP contribution in [0.3, 0.4) is 0 Å². The molecule has 0 amide bonds. The fourth-order valence-electron chi connectivity index (χ4n) is 2.23. The molecule has 0 aromatic heterocycles. The monoisotopic (exact) mass is 228 g/mol. The predicted octanol–water partition coefficient (Wildman–Crippen LogP) is 3.66. The maximum absolute atomic E-state index is 12.0. The number of hydrogen-bond acceptors (Lipinski definition) is 2. The van der Waals surface area contributed by atoms with Crippen LogP contribution >= 0.6 is 11.8 Å². The van der Waals surface area contributed by atoms with Crippen LogP contribution in [0.1, 0.15) is 22.8 Å². The second kappa shape index (κ2) is 3.63. The highest BCUT2D eigenvalue weighted by Crippen LogP contribution is 2.34. The molecule has 0 aliphatic carbocycles. The molecule has 1 aliphatic heterocycles. The van der Waals surface area contributed by atoms with Gasteiger partial charge < -0.3 is 0 Å². The van der Waals surface area contributed by atoms with E-state index in [9.17, 15) is 4.79 Å². The largest absolute Gasteiger partial charge is 0.293 e. The predicted molar refractivity (Wildman–Crippen MR) is 69.0 cm³/mol. The first-order valence-corrected chi connectivity index (χ1v) is 6.48. The lowest BCUT2D eigenvalue weighted by Crippen LogP contribution is -2.20. The molecule has 16 heavy (non-hydrogen) atoms. The van der Waals surface area contributed by atoms with Gasteiger partial charge in [0.2, 0.25) is 0 Å². The third-order valence-corrected chi connectivity index (χ3v) is 4.32. The Morgan fingerprint density at radius 1 is 1.19 bits per heavy atom. The van der Waals surface area contributed by atoms with Crippen molar-refractivity contribution >= 4 is 28.3 Å². The SMILES string of the molecule is CC1SCc2c(ccc3ccccc23)C1=O. The summed E-state index contributed by atoms with van der Waals surface area (Å²) in [6.07, 6.45) is 0. The zero-order valence-electron chi connectivity index (χ0n) is 9.07. The highest BCUT2D eigenvalue weighted by atomic mass is 32.2. The molecule has 0 spiro atoms. The molecule has 1 aliphatic rings. The summed E-state index contributed by atoms with van der Waals surface area (Å²) in [6.45, 7) is 1.99. The Hall–Kier alpha value is -1.28. The van der Waals surface area contributed by atoms with E-state index in [-0.39, 0.29) is 11.0 Å². The van der Waals surface area contributed by atoms with Crippen molar-refractivity contribution in [1.29, 1.82) is 0 Å². The van der Waals surface area contributed by atoms with Crippen LogP contribution in [0, 0.1) is 0 Å². The van der Waals surface area contributed by atoms with Crippen LogP contribution < -0.4 is 0 Å². The normalized spacial score (nSPS) is 19.8. The number of fused-ring (bicyclic) bond motifs is 3. The lowest BCUT2D eigenvalue weighted by Gasteiger charge is -2.21. The van der Waals surface area contributed by atoms with Gasteiger partial charge in [-0.3, -0.25) is 4.79 Å². The Kier molecular flexibility index (Phi) is 2.25. The lowest BCUT2D eigenvalue weighted by atomic mass is 9.96. The molecule has 1 heterocycles. The van der Waals surface area contributed by atoms with Crippen LogP contribution in [0.25, 0.3) is 10.8 Å². The molecule has 0 N–H and O–H groups in total. The van der Waals surface area contributed by atoms with E-state index in [2.05, 4.69) is 18.2 Å². The van der Waals surface area contributed by atoms with E-state index < -0.39 is 0 Å². The first kappa shape index (κ1) is 9.91. The van der Waals surface area contributed by atoms with Gasteiger partial charge in [0.25, 0.3) is 0 Å². The number of thioether (sulfide) groups is 1. The van der Waals surface area contributed by atoms with Gasteiger partial charge in [-0.05, 0) is 23.3 Å². The van der Waals surface area contributed by atoms with Crippen LogP contribution in [0.4, 0.5) is 0 Å². The molecule has 0 radical (unpaired) electrons. The Balaban J connectivity index is 2.32. The van der Waals surface area contributed by atoms with Gasteiger partial charge in [0.15, 0.2) is 5.78 Å². The van der Waals surface area contributed by atoms with E-state index in [1.807, 2.05) is 25.1 Å². The number of Topliss-reactive ketones (excluding diaryl/α,β-unsaturated/α-hetero) is 1. The fraction of sp³-hybridized carbons (Fsp3) is 0.214. The molecule has 0 bridgehead atoms. The van der Waals surface area contributed by atoms with Crippen LogP contribution in [-0.4, -0.2) is 11.0 Å². The number of ketones is 1. The first-order chi connectivity index (χ1) is 7.77. The van der Waals surface area contributed by atoms with Gasteiger partial charge in [-0.15, -0.1) is 11.8 Å². The van der Waals surface area contributed by atoms with Gasteiger partial charge in [-0.1, -0.05) is 36.4 Å². The van der Waals surface area contributed by atoms with Crippen molar-refractivity contribution in [3.8, 4) is 0 Å². The fourth-order valence-corrected chi connectivity index (χ4v) is 3.23. The number of benzene rings is 2. The van der Waals surface area contributed by atoms with Crippen molar-refractivity contribution in [2.45, 2.75) is 17.9 Å². The molecule has 0 saturated heterocycles. The molecular weight excluding hydrogens is 216 g/mol. The zero-order chi connectivity index (χ0) is 11.1. The molecule has 3 rings (SSSR count). The van der Waals surface area contributed by atoms with Crippen molar-refractivity contribution in [3.05, 3.63) is 47.5 Å². The molecule has 1 unspecified atom stereocenters. The van der Waals surface area contributed by atoms with Crippen LogP contribution in [0.5, 0.6) is 0 Å². The van der Waals surface area contributed by atoms with Gasteiger partial charge in [0, 0.05) is 11.3 Å². The number of rotatable bonds is 0. The minimum atomic E-state index is 0.105. The van der Waals surface area contributed by atoms with Gasteiger partial charge in [0.1, 0.15) is 0 Å². The van der Waals surface area contributed by atoms with Crippen LogP contribution in [0.2, 0.25) is 0 Å². The Morgan fingerprint density at radius 3 is 2.88 bits per heavy atom. The van der Waals surface area contributed by atoms with Gasteiger partial charge in [0.05, 0.1) is 5.25 Å². The van der Waals surface area contributed by atoms with Crippen molar-refractivity contribution in [2.75, 3.05) is 0 Å². The van der Waals surface area contributed by atoms with E-state index in [0.29, 0.717) is 0 Å². The topological polar surface area (TPSA) is 17.1 Å². The summed E-state index contributed by atoms with van der Waals surface area (Å²) < 4.78 is 0. The number of carbonyl (C=O) groups is 1. The Bertz CT molecular complexity index is 574. The van der Waals surface area contributed by atoms with Crippen molar-refractivity contribution in [2.24, 2.45) is 0 Å². The van der Waals surface area contributed by atoms with Crippen molar-refractivity contribution < 1.29 is 4.79 Å². The maximum Gasteiger partial charge on any atom is 0.175 e. The Morgan fingerprint density at radius 2 is 2.00 bits per heavy atom. The summed E-state index contributed by atoms with van der Waals surface area (Å²) in [7, 11) is 0. The second-order valence-corrected chi connectivity index (χ2v) is 5.46. The van der Waals surface area contributed by atoms with E-state index in [4.69, 9.17) is 0 Å². The van der Waals surface area contributed by atoms with Crippen molar-refractivity contribution in [3.63, 3.8) is 0 Å². The minimum absolute atomic E-state index is 0.105. The van der Waals surface area contributed by atoms with Gasteiger partial charge >= 0.3 is 0 Å². The molecule has 2 aromatic carbocycles. The summed E-state index contributed by atoms with van der Waals surface area (Å²) >= 11 is 1.73. The molecule has 1 nitrogen and oxygen atoms in total. The first-order valence-electron chi connectivity index (χ1n) is 5.44. The molecular formula is C14H12OS. The zero-order valence-corrected chi connectivity index (χ0v) is 9.88. The van der Waals surface area contributed by atoms with Crippen LogP contribution in [-0.2, 0) is 5.75 Å². The third kappa shape index (κ3) is 1.37. The van der Waals surface area contributed by atoms with Crippen LogP contribution in [0.15, 0.2) is 36.4 Å². The van der Waals surface area contributed by atoms with E-state index >= 15 is 0 Å². The van der Waals surface area contributed by atoms with Gasteiger partial charge in [-0.2, -0.15) is 0 Å². The second-order valence-electron chi connectivity index (χ2n) is 4.13. The standard InChI is InChI=1S/C14H12OS/c1-9-14(15)12-7-6-10-4-2-3-5-11(10)13(12)8-16-9/h2-7,9H,8H2,1H3. The maximum atomic E-state index is 12.0. The molecule has 0 fully saturated rings. The van der Waals surface area contributed by atoms with Crippen molar-refractivity contribution in [1.82, 2.24) is 0 Å². The molecule has 2 heteroatoms. The summed E-state index contributed by atoms with van der Waals surface area (Å²) in [5.41, 5.74) is 2.14. The van der Waals surface area contributed by atoms with E-state index in [1.54, 1.807) is 11.8 Å². The third-order valence-electron chi connectivity index (χ3n) is 3.15. The van der Waals surface area contributed by atoms with E-state index in [1.165, 1.54) is 16.3 Å². The molecule has 0 saturated carbocycles. The minimum Gasteiger partial charge on any atom is -0.293 e. The average Bonchev–Trinajstić information content (AvgIpc) is 2.33. The Labute approximate surface area is 98.9 Å². The highest BCUT2D eigenvalue weighted by molar-refractivity contribution is 8.00. The van der Waals surface area contributed by atoms with E-state index in [0.717, 1.165) is 11.3 Å². The lowest BCUT2D eigenvalue weighted by molar-refractivity contribution is 0.0992. The van der Waals surface area contributed by atoms with Gasteiger partial charge in [-0.25, -0.2) is 0 Å². The summed E-state index contributed by atoms with van der Waals surface area (Å²) in [6, 6.07) is 12.3. The number of carbonyl (C=O) groups excluding carboxylic acids is 1. The molecule has 80 valence electrons. The molecule has 1 atom stereocenters. The summed E-state index contributed by atoms with van der Waals surface area (Å²) in [5.74, 6) is 1.22. The molecule has 2 aromatic rings. The number of hydrogen-bond donors (Lipinski definition) is 0. The quantitative estimate of drug-likeness (QED) is 0.684. The summed E-state index contributed by atoms with van der Waals surface area (Å²) in [4.78, 5) is 12.0. The average molecular weight is 228 g/mol.